The molecule has 0 aliphatic rings. The van der Waals surface area contributed by atoms with Crippen LogP contribution >= 0.6 is 46.1 Å². The van der Waals surface area contributed by atoms with Crippen LogP contribution in [0.3, 0.4) is 0 Å². The number of sulfone groups is 1. The zero-order valence-corrected chi connectivity index (χ0v) is 14.6. The van der Waals surface area contributed by atoms with Crippen LogP contribution in [0.5, 0.6) is 0 Å². The number of halogens is 3. The maximum Gasteiger partial charge on any atom is 0.278 e. The first-order valence-electron chi connectivity index (χ1n) is 5.67. The fourth-order valence-corrected chi connectivity index (χ4v) is 3.90. The van der Waals surface area contributed by atoms with Crippen LogP contribution in [0.25, 0.3) is 0 Å². The maximum atomic E-state index is 12.2. The highest BCUT2D eigenvalue weighted by molar-refractivity contribution is 7.90. The van der Waals surface area contributed by atoms with Gasteiger partial charge >= 0.3 is 0 Å². The zero-order valence-electron chi connectivity index (χ0n) is 10.7. The van der Waals surface area contributed by atoms with Gasteiger partial charge in [0.2, 0.25) is 5.13 Å². The summed E-state index contributed by atoms with van der Waals surface area (Å²) in [4.78, 5) is 11.6. The number of hydrogen-bond acceptors (Lipinski definition) is 6. The summed E-state index contributed by atoms with van der Waals surface area (Å²) in [6, 6.07) is 7.94. The van der Waals surface area contributed by atoms with Crippen LogP contribution in [0.4, 0.5) is 5.13 Å². The summed E-state index contributed by atoms with van der Waals surface area (Å²) >= 11 is 17.1. The molecular formula is C11H8Cl3N3O3S2. The lowest BCUT2D eigenvalue weighted by molar-refractivity contribution is -0.115. The Morgan fingerprint density at radius 2 is 1.82 bits per heavy atom. The molecular weight excluding hydrogens is 393 g/mol. The third-order valence-electron chi connectivity index (χ3n) is 2.36. The average Bonchev–Trinajstić information content (AvgIpc) is 2.85. The molecule has 1 amide bonds. The lowest BCUT2D eigenvalue weighted by atomic mass is 10.4. The standard InChI is InChI=1S/C11H8Cl3N3O3S2/c12-11(13,14)9(18)15-10-17-16-8(21-10)6-22(19,20)7-4-2-1-3-5-7/h1-5H,6H2,(H,15,17,18). The molecule has 0 bridgehead atoms. The van der Waals surface area contributed by atoms with E-state index < -0.39 is 19.5 Å². The number of amides is 1. The fraction of sp³-hybridized carbons (Fsp3) is 0.182. The van der Waals surface area contributed by atoms with Gasteiger partial charge in [0.05, 0.1) is 4.90 Å². The summed E-state index contributed by atoms with van der Waals surface area (Å²) in [6.07, 6.45) is 0. The summed E-state index contributed by atoms with van der Waals surface area (Å²) < 4.78 is 22.2. The Labute approximate surface area is 145 Å². The topological polar surface area (TPSA) is 89.0 Å². The minimum absolute atomic E-state index is 0.0505. The predicted molar refractivity (Wildman–Crippen MR) is 86.2 cm³/mol. The molecule has 0 saturated heterocycles. The maximum absolute atomic E-state index is 12.2. The number of alkyl halides is 3. The molecule has 1 aromatic heterocycles. The van der Waals surface area contributed by atoms with E-state index in [-0.39, 0.29) is 20.8 Å². The summed E-state index contributed by atoms with van der Waals surface area (Å²) in [7, 11) is -3.54. The zero-order chi connectivity index (χ0) is 16.4. The summed E-state index contributed by atoms with van der Waals surface area (Å²) in [5.41, 5.74) is 0. The second-order valence-corrected chi connectivity index (χ2v) is 9.36. The van der Waals surface area contributed by atoms with Crippen molar-refractivity contribution in [3.05, 3.63) is 35.3 Å². The van der Waals surface area contributed by atoms with Crippen LogP contribution in [0, 0.1) is 0 Å². The molecule has 0 aliphatic carbocycles. The molecule has 0 aliphatic heterocycles. The van der Waals surface area contributed by atoms with E-state index in [0.717, 1.165) is 11.3 Å². The smallest absolute Gasteiger partial charge is 0.278 e. The van der Waals surface area contributed by atoms with Crippen LogP contribution in [-0.2, 0) is 20.4 Å². The largest absolute Gasteiger partial charge is 0.297 e. The van der Waals surface area contributed by atoms with Gasteiger partial charge in [0.15, 0.2) is 9.84 Å². The van der Waals surface area contributed by atoms with Crippen molar-refractivity contribution in [1.29, 1.82) is 0 Å². The van der Waals surface area contributed by atoms with E-state index in [4.69, 9.17) is 34.8 Å². The van der Waals surface area contributed by atoms with E-state index in [1.165, 1.54) is 12.1 Å². The van der Waals surface area contributed by atoms with Gasteiger partial charge in [-0.25, -0.2) is 8.42 Å². The van der Waals surface area contributed by atoms with Gasteiger partial charge in [-0.1, -0.05) is 64.3 Å². The average molecular weight is 401 g/mol. The Balaban J connectivity index is 2.11. The van der Waals surface area contributed by atoms with Gasteiger partial charge in [-0.2, -0.15) is 0 Å². The molecule has 22 heavy (non-hydrogen) atoms. The number of benzene rings is 1. The molecule has 1 heterocycles. The number of nitrogens with zero attached hydrogens (tertiary/aromatic N) is 2. The Morgan fingerprint density at radius 1 is 1.18 bits per heavy atom. The van der Waals surface area contributed by atoms with Crippen molar-refractivity contribution in [3.8, 4) is 0 Å². The van der Waals surface area contributed by atoms with Crippen LogP contribution in [0.15, 0.2) is 35.2 Å². The van der Waals surface area contributed by atoms with Crippen molar-refractivity contribution >= 4 is 67.0 Å². The van der Waals surface area contributed by atoms with Crippen LogP contribution < -0.4 is 5.32 Å². The van der Waals surface area contributed by atoms with Crippen molar-refractivity contribution in [2.75, 3.05) is 5.32 Å². The number of carbonyl (C=O) groups is 1. The number of anilines is 1. The minimum atomic E-state index is -3.54. The number of aromatic nitrogens is 2. The molecule has 0 spiro atoms. The highest BCUT2D eigenvalue weighted by Gasteiger charge is 2.31. The first-order valence-corrected chi connectivity index (χ1v) is 9.27. The molecule has 1 N–H and O–H groups in total. The van der Waals surface area contributed by atoms with Crippen LogP contribution in [0.1, 0.15) is 5.01 Å². The monoisotopic (exact) mass is 399 g/mol. The van der Waals surface area contributed by atoms with Crippen molar-refractivity contribution in [2.24, 2.45) is 0 Å². The first kappa shape index (κ1) is 17.4. The second kappa shape index (κ2) is 6.67. The molecule has 0 unspecified atom stereocenters. The normalized spacial score (nSPS) is 12.1. The Hall–Kier alpha value is -0.930. The highest BCUT2D eigenvalue weighted by atomic mass is 35.6. The van der Waals surface area contributed by atoms with Gasteiger partial charge < -0.3 is 0 Å². The Morgan fingerprint density at radius 3 is 2.41 bits per heavy atom. The van der Waals surface area contributed by atoms with Crippen molar-refractivity contribution < 1.29 is 13.2 Å². The van der Waals surface area contributed by atoms with Crippen molar-refractivity contribution in [1.82, 2.24) is 10.2 Å². The molecule has 1 aromatic carbocycles. The third kappa shape index (κ3) is 4.53. The molecule has 118 valence electrons. The summed E-state index contributed by atoms with van der Waals surface area (Å²) in [6.45, 7) is 0. The van der Waals surface area contributed by atoms with Crippen LogP contribution in [-0.4, -0.2) is 28.3 Å². The predicted octanol–water partition coefficient (Wildman–Crippen LogP) is 2.82. The van der Waals surface area contributed by atoms with E-state index in [1.54, 1.807) is 18.2 Å². The van der Waals surface area contributed by atoms with E-state index in [1.807, 2.05) is 0 Å². The molecule has 6 nitrogen and oxygen atoms in total. The molecule has 2 rings (SSSR count). The number of nitrogens with one attached hydrogen (secondary N) is 1. The van der Waals surface area contributed by atoms with Crippen molar-refractivity contribution in [3.63, 3.8) is 0 Å². The molecule has 11 heteroatoms. The first-order chi connectivity index (χ1) is 10.2. The van der Waals surface area contributed by atoms with Crippen molar-refractivity contribution in [2.45, 2.75) is 14.4 Å². The number of carbonyl (C=O) groups excluding carboxylic acids is 1. The van der Waals surface area contributed by atoms with Gasteiger partial charge in [-0.3, -0.25) is 10.1 Å². The minimum Gasteiger partial charge on any atom is -0.297 e. The molecule has 0 atom stereocenters. The molecule has 0 radical (unpaired) electrons. The van der Waals surface area contributed by atoms with E-state index in [2.05, 4.69) is 15.5 Å². The second-order valence-electron chi connectivity index (χ2n) is 4.02. The highest BCUT2D eigenvalue weighted by Crippen LogP contribution is 2.28. The number of rotatable bonds is 4. The fourth-order valence-electron chi connectivity index (χ4n) is 1.40. The van der Waals surface area contributed by atoms with E-state index >= 15 is 0 Å². The molecule has 0 saturated carbocycles. The number of hydrogen-bond donors (Lipinski definition) is 1. The van der Waals surface area contributed by atoms with Gasteiger partial charge in [-0.05, 0) is 12.1 Å². The van der Waals surface area contributed by atoms with Gasteiger partial charge in [-0.15, -0.1) is 10.2 Å². The molecule has 0 fully saturated rings. The SMILES string of the molecule is O=C(Nc1nnc(CS(=O)(=O)c2ccccc2)s1)C(Cl)(Cl)Cl. The van der Waals surface area contributed by atoms with Gasteiger partial charge in [0.1, 0.15) is 10.8 Å². The van der Waals surface area contributed by atoms with Crippen LogP contribution in [0.2, 0.25) is 0 Å². The van der Waals surface area contributed by atoms with Gasteiger partial charge in [0.25, 0.3) is 9.70 Å². The Bertz CT molecular complexity index is 773. The van der Waals surface area contributed by atoms with E-state index in [9.17, 15) is 13.2 Å². The Kier molecular flexibility index (Phi) is 5.29. The van der Waals surface area contributed by atoms with Gasteiger partial charge in [0, 0.05) is 0 Å². The lowest BCUT2D eigenvalue weighted by Gasteiger charge is -2.08. The third-order valence-corrected chi connectivity index (χ3v) is 5.54. The summed E-state index contributed by atoms with van der Waals surface area (Å²) in [5, 5.41) is 9.86. The summed E-state index contributed by atoms with van der Waals surface area (Å²) in [5.74, 6) is -1.23. The quantitative estimate of drug-likeness (QED) is 0.797. The molecule has 2 aromatic rings. The lowest BCUT2D eigenvalue weighted by Crippen LogP contribution is -2.26. The van der Waals surface area contributed by atoms with E-state index in [0.29, 0.717) is 0 Å².